The van der Waals surface area contributed by atoms with Crippen molar-refractivity contribution in [2.45, 2.75) is 38.3 Å². The number of likely N-dealkylation sites (tertiary alicyclic amines) is 1. The lowest BCUT2D eigenvalue weighted by Crippen LogP contribution is -2.45. The van der Waals surface area contributed by atoms with Gasteiger partial charge in [0.05, 0.1) is 11.6 Å². The molecule has 0 saturated carbocycles. The van der Waals surface area contributed by atoms with Crippen molar-refractivity contribution in [1.82, 2.24) is 20.5 Å². The lowest BCUT2D eigenvalue weighted by Gasteiger charge is -2.32. The number of thiazole rings is 1. The van der Waals surface area contributed by atoms with Crippen LogP contribution in [-0.4, -0.2) is 48.0 Å². The van der Waals surface area contributed by atoms with E-state index in [2.05, 4.69) is 20.5 Å². The standard InChI is InChI=1S/C15H24N4OS.ClH/c20-15(14-4-1-5-17-14)18-7-12-3-2-6-19(9-12)10-13-8-16-11-21-13;/h8,11-12,14,17H,1-7,9-10H2,(H,18,20);1H. The SMILES string of the molecule is Cl.O=C(NCC1CCCN(Cc2cncs2)C1)C1CCCN1. The molecule has 124 valence electrons. The molecule has 1 aromatic heterocycles. The van der Waals surface area contributed by atoms with Gasteiger partial charge in [0, 0.05) is 30.7 Å². The van der Waals surface area contributed by atoms with Crippen molar-refractivity contribution in [2.24, 2.45) is 5.92 Å². The van der Waals surface area contributed by atoms with Crippen molar-refractivity contribution >= 4 is 29.7 Å². The van der Waals surface area contributed by atoms with Gasteiger partial charge in [-0.3, -0.25) is 14.7 Å². The van der Waals surface area contributed by atoms with E-state index in [0.717, 1.165) is 45.6 Å². The van der Waals surface area contributed by atoms with E-state index in [1.165, 1.54) is 17.7 Å². The van der Waals surface area contributed by atoms with E-state index in [1.54, 1.807) is 11.3 Å². The predicted molar refractivity (Wildman–Crippen MR) is 91.4 cm³/mol. The highest BCUT2D eigenvalue weighted by Crippen LogP contribution is 2.19. The number of hydrogen-bond donors (Lipinski definition) is 2. The first-order valence-electron chi connectivity index (χ1n) is 7.92. The molecular weight excluding hydrogens is 320 g/mol. The van der Waals surface area contributed by atoms with Crippen molar-refractivity contribution in [2.75, 3.05) is 26.2 Å². The zero-order valence-electron chi connectivity index (χ0n) is 12.8. The zero-order valence-corrected chi connectivity index (χ0v) is 14.4. The molecule has 0 aromatic carbocycles. The number of halogens is 1. The van der Waals surface area contributed by atoms with Crippen LogP contribution in [0.3, 0.4) is 0 Å². The Morgan fingerprint density at radius 2 is 2.36 bits per heavy atom. The molecule has 2 saturated heterocycles. The lowest BCUT2D eigenvalue weighted by molar-refractivity contribution is -0.123. The number of nitrogens with zero attached hydrogens (tertiary/aromatic N) is 2. The second kappa shape index (κ2) is 8.82. The molecule has 2 unspecified atom stereocenters. The van der Waals surface area contributed by atoms with Crippen LogP contribution in [0, 0.1) is 5.92 Å². The molecule has 5 nitrogen and oxygen atoms in total. The van der Waals surface area contributed by atoms with E-state index >= 15 is 0 Å². The van der Waals surface area contributed by atoms with E-state index in [9.17, 15) is 4.79 Å². The molecular formula is C15H25ClN4OS. The van der Waals surface area contributed by atoms with E-state index in [4.69, 9.17) is 0 Å². The van der Waals surface area contributed by atoms with Crippen LogP contribution in [0.4, 0.5) is 0 Å². The zero-order chi connectivity index (χ0) is 14.5. The summed E-state index contributed by atoms with van der Waals surface area (Å²) in [5.74, 6) is 0.768. The van der Waals surface area contributed by atoms with Crippen LogP contribution in [0.5, 0.6) is 0 Å². The van der Waals surface area contributed by atoms with E-state index in [-0.39, 0.29) is 24.4 Å². The topological polar surface area (TPSA) is 57.3 Å². The van der Waals surface area contributed by atoms with E-state index in [0.29, 0.717) is 5.92 Å². The van der Waals surface area contributed by atoms with Crippen LogP contribution in [0.25, 0.3) is 0 Å². The quantitative estimate of drug-likeness (QED) is 0.852. The molecule has 0 radical (unpaired) electrons. The monoisotopic (exact) mass is 344 g/mol. The fourth-order valence-electron chi connectivity index (χ4n) is 3.28. The first-order valence-corrected chi connectivity index (χ1v) is 8.80. The molecule has 22 heavy (non-hydrogen) atoms. The minimum Gasteiger partial charge on any atom is -0.354 e. The molecule has 2 aliphatic heterocycles. The van der Waals surface area contributed by atoms with Gasteiger partial charge in [-0.2, -0.15) is 0 Å². The van der Waals surface area contributed by atoms with Crippen LogP contribution in [0.1, 0.15) is 30.6 Å². The smallest absolute Gasteiger partial charge is 0.237 e. The Morgan fingerprint density at radius 1 is 1.45 bits per heavy atom. The Hall–Kier alpha value is -0.690. The van der Waals surface area contributed by atoms with Gasteiger partial charge in [0.15, 0.2) is 0 Å². The first-order chi connectivity index (χ1) is 10.3. The molecule has 1 aromatic rings. The van der Waals surface area contributed by atoms with Gasteiger partial charge >= 0.3 is 0 Å². The Balaban J connectivity index is 0.00000176. The summed E-state index contributed by atoms with van der Waals surface area (Å²) in [6.45, 7) is 5.03. The van der Waals surface area contributed by atoms with E-state index < -0.39 is 0 Å². The second-order valence-electron chi connectivity index (χ2n) is 6.11. The van der Waals surface area contributed by atoms with Crippen molar-refractivity contribution in [3.05, 3.63) is 16.6 Å². The van der Waals surface area contributed by atoms with Gasteiger partial charge in [-0.05, 0) is 44.7 Å². The average Bonchev–Trinajstić information content (AvgIpc) is 3.18. The first kappa shape index (κ1) is 17.7. The number of aromatic nitrogens is 1. The molecule has 7 heteroatoms. The summed E-state index contributed by atoms with van der Waals surface area (Å²) < 4.78 is 0. The van der Waals surface area contributed by atoms with Crippen LogP contribution < -0.4 is 10.6 Å². The number of nitrogens with one attached hydrogen (secondary N) is 2. The number of piperidine rings is 1. The molecule has 0 spiro atoms. The van der Waals surface area contributed by atoms with Gasteiger partial charge in [0.1, 0.15) is 0 Å². The summed E-state index contributed by atoms with van der Waals surface area (Å²) in [6, 6.07) is 0.0434. The molecule has 0 aliphatic carbocycles. The van der Waals surface area contributed by atoms with Gasteiger partial charge in [0.2, 0.25) is 5.91 Å². The van der Waals surface area contributed by atoms with Gasteiger partial charge in [-0.15, -0.1) is 23.7 Å². The number of carbonyl (C=O) groups excluding carboxylic acids is 1. The maximum absolute atomic E-state index is 12.0. The fraction of sp³-hybridized carbons (Fsp3) is 0.733. The third-order valence-electron chi connectivity index (χ3n) is 4.41. The molecule has 3 heterocycles. The summed E-state index contributed by atoms with van der Waals surface area (Å²) in [7, 11) is 0. The Morgan fingerprint density at radius 3 is 3.09 bits per heavy atom. The summed E-state index contributed by atoms with van der Waals surface area (Å²) in [4.78, 5) is 20.0. The van der Waals surface area contributed by atoms with Gasteiger partial charge in [-0.1, -0.05) is 0 Å². The number of carbonyl (C=O) groups is 1. The van der Waals surface area contributed by atoms with Crippen molar-refractivity contribution in [1.29, 1.82) is 0 Å². The Kier molecular flexibility index (Phi) is 7.08. The van der Waals surface area contributed by atoms with Crippen LogP contribution in [0.2, 0.25) is 0 Å². The van der Waals surface area contributed by atoms with Crippen molar-refractivity contribution in [3.63, 3.8) is 0 Å². The molecule has 3 rings (SSSR count). The maximum atomic E-state index is 12.0. The molecule has 2 fully saturated rings. The molecule has 0 bridgehead atoms. The third kappa shape index (κ3) is 4.91. The van der Waals surface area contributed by atoms with Crippen LogP contribution in [-0.2, 0) is 11.3 Å². The normalized spacial score (nSPS) is 25.6. The average molecular weight is 345 g/mol. The Bertz CT molecular complexity index is 450. The Labute approximate surface area is 142 Å². The van der Waals surface area contributed by atoms with Gasteiger partial charge in [0.25, 0.3) is 0 Å². The summed E-state index contributed by atoms with van der Waals surface area (Å²) in [5, 5.41) is 6.39. The van der Waals surface area contributed by atoms with E-state index in [1.807, 2.05) is 11.7 Å². The minimum absolute atomic E-state index is 0. The molecule has 2 aliphatic rings. The van der Waals surface area contributed by atoms with Crippen molar-refractivity contribution in [3.8, 4) is 0 Å². The highest BCUT2D eigenvalue weighted by atomic mass is 35.5. The molecule has 1 amide bonds. The van der Waals surface area contributed by atoms with Crippen LogP contribution >= 0.6 is 23.7 Å². The lowest BCUT2D eigenvalue weighted by atomic mass is 9.98. The number of amides is 1. The van der Waals surface area contributed by atoms with Gasteiger partial charge < -0.3 is 10.6 Å². The number of hydrogen-bond acceptors (Lipinski definition) is 5. The summed E-state index contributed by atoms with van der Waals surface area (Å²) in [6.07, 6.45) is 6.50. The fourth-order valence-corrected chi connectivity index (χ4v) is 3.91. The maximum Gasteiger partial charge on any atom is 0.237 e. The highest BCUT2D eigenvalue weighted by molar-refractivity contribution is 7.09. The van der Waals surface area contributed by atoms with Crippen LogP contribution in [0.15, 0.2) is 11.7 Å². The minimum atomic E-state index is 0. The largest absolute Gasteiger partial charge is 0.354 e. The third-order valence-corrected chi connectivity index (χ3v) is 5.17. The number of rotatable bonds is 5. The summed E-state index contributed by atoms with van der Waals surface area (Å²) >= 11 is 1.72. The summed E-state index contributed by atoms with van der Waals surface area (Å²) in [5.41, 5.74) is 1.89. The second-order valence-corrected chi connectivity index (χ2v) is 7.08. The molecule has 2 N–H and O–H groups in total. The molecule has 2 atom stereocenters. The van der Waals surface area contributed by atoms with Gasteiger partial charge in [-0.25, -0.2) is 0 Å². The highest BCUT2D eigenvalue weighted by Gasteiger charge is 2.24. The predicted octanol–water partition coefficient (Wildman–Crippen LogP) is 1.65. The van der Waals surface area contributed by atoms with Crippen molar-refractivity contribution < 1.29 is 4.79 Å².